The molecule has 0 amide bonds. The molecule has 0 atom stereocenters. The Morgan fingerprint density at radius 3 is 2.47 bits per heavy atom. The van der Waals surface area contributed by atoms with E-state index in [1.165, 1.54) is 12.1 Å². The SMILES string of the molecule is NNc1nc(Oc2ccc(F)c(F)c2)c(Cl)cc1Cl. The number of hydrogen-bond donors (Lipinski definition) is 2. The number of halogens is 4. The van der Waals surface area contributed by atoms with Gasteiger partial charge in [-0.3, -0.25) is 0 Å². The van der Waals surface area contributed by atoms with E-state index in [1.54, 1.807) is 0 Å². The standard InChI is InChI=1S/C11H7Cl2F2N3O/c12-6-4-7(13)11(17-10(6)18-16)19-5-1-2-8(14)9(15)3-5/h1-4H,16H2,(H,17,18). The number of hydrogen-bond acceptors (Lipinski definition) is 4. The lowest BCUT2D eigenvalue weighted by Gasteiger charge is -2.09. The smallest absolute Gasteiger partial charge is 0.240 e. The topological polar surface area (TPSA) is 60.2 Å². The van der Waals surface area contributed by atoms with Crippen molar-refractivity contribution in [3.05, 3.63) is 45.9 Å². The first-order valence-corrected chi connectivity index (χ1v) is 5.72. The van der Waals surface area contributed by atoms with Crippen LogP contribution in [-0.2, 0) is 0 Å². The Balaban J connectivity index is 2.34. The third kappa shape index (κ3) is 3.04. The predicted molar refractivity (Wildman–Crippen MR) is 68.5 cm³/mol. The van der Waals surface area contributed by atoms with E-state index in [4.69, 9.17) is 33.8 Å². The minimum absolute atomic E-state index is 0.0370. The van der Waals surface area contributed by atoms with Crippen molar-refractivity contribution in [3.8, 4) is 11.6 Å². The van der Waals surface area contributed by atoms with Gasteiger partial charge >= 0.3 is 0 Å². The molecule has 1 aromatic heterocycles. The van der Waals surface area contributed by atoms with Crippen LogP contribution in [0.5, 0.6) is 11.6 Å². The van der Waals surface area contributed by atoms with E-state index in [0.717, 1.165) is 12.1 Å². The molecule has 0 saturated carbocycles. The monoisotopic (exact) mass is 305 g/mol. The molecule has 0 unspecified atom stereocenters. The van der Waals surface area contributed by atoms with E-state index in [9.17, 15) is 8.78 Å². The summed E-state index contributed by atoms with van der Waals surface area (Å²) < 4.78 is 31.0. The van der Waals surface area contributed by atoms with Crippen LogP contribution in [0.15, 0.2) is 24.3 Å². The van der Waals surface area contributed by atoms with Gasteiger partial charge < -0.3 is 10.2 Å². The van der Waals surface area contributed by atoms with Crippen LogP contribution in [0.1, 0.15) is 0 Å². The number of pyridine rings is 1. The first-order valence-electron chi connectivity index (χ1n) is 4.97. The van der Waals surface area contributed by atoms with E-state index < -0.39 is 11.6 Å². The molecule has 0 spiro atoms. The zero-order valence-corrected chi connectivity index (χ0v) is 10.8. The zero-order valence-electron chi connectivity index (χ0n) is 9.25. The summed E-state index contributed by atoms with van der Waals surface area (Å²) in [7, 11) is 0. The average Bonchev–Trinajstić information content (AvgIpc) is 2.37. The molecule has 0 aliphatic heterocycles. The molecule has 100 valence electrons. The van der Waals surface area contributed by atoms with Gasteiger partial charge in [0.1, 0.15) is 10.8 Å². The lowest BCUT2D eigenvalue weighted by molar-refractivity contribution is 0.448. The number of anilines is 1. The molecule has 2 rings (SSSR count). The highest BCUT2D eigenvalue weighted by Crippen LogP contribution is 2.33. The lowest BCUT2D eigenvalue weighted by atomic mass is 10.3. The quantitative estimate of drug-likeness (QED) is 0.670. The Morgan fingerprint density at radius 2 is 1.84 bits per heavy atom. The van der Waals surface area contributed by atoms with Crippen LogP contribution < -0.4 is 16.0 Å². The maximum Gasteiger partial charge on any atom is 0.240 e. The van der Waals surface area contributed by atoms with Gasteiger partial charge in [0.25, 0.3) is 0 Å². The molecular formula is C11H7Cl2F2N3O. The molecule has 1 heterocycles. The molecule has 0 saturated heterocycles. The Hall–Kier alpha value is -1.63. The van der Waals surface area contributed by atoms with E-state index in [2.05, 4.69) is 10.4 Å². The predicted octanol–water partition coefficient (Wildman–Crippen LogP) is 3.74. The number of nitrogens with two attached hydrogens (primary N) is 1. The summed E-state index contributed by atoms with van der Waals surface area (Å²) in [5, 5.41) is 0.305. The molecule has 0 aliphatic rings. The Kier molecular flexibility index (Phi) is 4.04. The largest absolute Gasteiger partial charge is 0.437 e. The number of nitrogen functional groups attached to an aromatic ring is 1. The third-order valence-electron chi connectivity index (χ3n) is 2.14. The number of hydrazine groups is 1. The number of nitrogens with one attached hydrogen (secondary N) is 1. The molecule has 0 aliphatic carbocycles. The second-order valence-corrected chi connectivity index (χ2v) is 4.24. The van der Waals surface area contributed by atoms with Crippen molar-refractivity contribution in [1.82, 2.24) is 4.98 Å². The van der Waals surface area contributed by atoms with Crippen molar-refractivity contribution >= 4 is 29.0 Å². The van der Waals surface area contributed by atoms with E-state index >= 15 is 0 Å². The highest BCUT2D eigenvalue weighted by molar-refractivity contribution is 6.36. The summed E-state index contributed by atoms with van der Waals surface area (Å²) >= 11 is 11.7. The highest BCUT2D eigenvalue weighted by Gasteiger charge is 2.12. The Labute approximate surface area is 117 Å². The molecular weight excluding hydrogens is 299 g/mol. The Morgan fingerprint density at radius 1 is 1.11 bits per heavy atom. The van der Waals surface area contributed by atoms with Gasteiger partial charge in [0.05, 0.1) is 5.02 Å². The second-order valence-electron chi connectivity index (χ2n) is 3.43. The normalized spacial score (nSPS) is 10.4. The van der Waals surface area contributed by atoms with Crippen molar-refractivity contribution in [2.75, 3.05) is 5.43 Å². The molecule has 0 fully saturated rings. The van der Waals surface area contributed by atoms with Gasteiger partial charge in [0.2, 0.25) is 5.88 Å². The zero-order chi connectivity index (χ0) is 14.0. The van der Waals surface area contributed by atoms with Gasteiger partial charge in [0, 0.05) is 6.07 Å². The number of aromatic nitrogens is 1. The second kappa shape index (κ2) is 5.56. The summed E-state index contributed by atoms with van der Waals surface area (Å²) in [6.07, 6.45) is 0. The van der Waals surface area contributed by atoms with Crippen LogP contribution in [0.25, 0.3) is 0 Å². The number of rotatable bonds is 3. The van der Waals surface area contributed by atoms with Crippen molar-refractivity contribution in [3.63, 3.8) is 0 Å². The summed E-state index contributed by atoms with van der Waals surface area (Å²) in [4.78, 5) is 3.90. The first-order chi connectivity index (χ1) is 9.01. The average molecular weight is 306 g/mol. The van der Waals surface area contributed by atoms with Crippen molar-refractivity contribution in [2.24, 2.45) is 5.84 Å². The summed E-state index contributed by atoms with van der Waals surface area (Å²) in [5.41, 5.74) is 2.25. The van der Waals surface area contributed by atoms with Crippen LogP contribution in [0.2, 0.25) is 10.0 Å². The van der Waals surface area contributed by atoms with Gasteiger partial charge in [-0.1, -0.05) is 23.2 Å². The van der Waals surface area contributed by atoms with Crippen LogP contribution in [0, 0.1) is 11.6 Å². The fourth-order valence-corrected chi connectivity index (χ4v) is 1.73. The van der Waals surface area contributed by atoms with Crippen molar-refractivity contribution in [1.29, 1.82) is 0 Å². The van der Waals surface area contributed by atoms with E-state index in [1.807, 2.05) is 0 Å². The number of nitrogens with zero attached hydrogens (tertiary/aromatic N) is 1. The van der Waals surface area contributed by atoms with Crippen molar-refractivity contribution < 1.29 is 13.5 Å². The van der Waals surface area contributed by atoms with Gasteiger partial charge in [0.15, 0.2) is 17.5 Å². The van der Waals surface area contributed by atoms with Gasteiger partial charge in [-0.2, -0.15) is 4.98 Å². The molecule has 0 bridgehead atoms. The number of ether oxygens (including phenoxy) is 1. The molecule has 3 N–H and O–H groups in total. The molecule has 2 aromatic rings. The Bertz CT molecular complexity index is 625. The van der Waals surface area contributed by atoms with Gasteiger partial charge in [-0.25, -0.2) is 14.6 Å². The number of benzene rings is 1. The fraction of sp³-hybridized carbons (Fsp3) is 0. The molecule has 1 aromatic carbocycles. The molecule has 4 nitrogen and oxygen atoms in total. The maximum absolute atomic E-state index is 13.0. The summed E-state index contributed by atoms with van der Waals surface area (Å²) in [6, 6.07) is 4.40. The fourth-order valence-electron chi connectivity index (χ4n) is 1.27. The van der Waals surface area contributed by atoms with E-state index in [0.29, 0.717) is 0 Å². The summed E-state index contributed by atoms with van der Waals surface area (Å²) in [6.45, 7) is 0. The highest BCUT2D eigenvalue weighted by atomic mass is 35.5. The molecule has 8 heteroatoms. The van der Waals surface area contributed by atoms with Crippen LogP contribution >= 0.6 is 23.2 Å². The molecule has 19 heavy (non-hydrogen) atoms. The van der Waals surface area contributed by atoms with Crippen LogP contribution in [-0.4, -0.2) is 4.98 Å². The van der Waals surface area contributed by atoms with Crippen molar-refractivity contribution in [2.45, 2.75) is 0 Å². The lowest BCUT2D eigenvalue weighted by Crippen LogP contribution is -2.09. The minimum Gasteiger partial charge on any atom is -0.437 e. The summed E-state index contributed by atoms with van der Waals surface area (Å²) in [5.74, 6) is 3.33. The van der Waals surface area contributed by atoms with E-state index in [-0.39, 0.29) is 27.5 Å². The maximum atomic E-state index is 13.0. The van der Waals surface area contributed by atoms with Crippen LogP contribution in [0.4, 0.5) is 14.6 Å². The molecule has 0 radical (unpaired) electrons. The van der Waals surface area contributed by atoms with Gasteiger partial charge in [-0.05, 0) is 18.2 Å². The first kappa shape index (κ1) is 13.8. The van der Waals surface area contributed by atoms with Crippen LogP contribution in [0.3, 0.4) is 0 Å². The minimum atomic E-state index is -1.04. The third-order valence-corrected chi connectivity index (χ3v) is 2.70. The van der Waals surface area contributed by atoms with Gasteiger partial charge in [-0.15, -0.1) is 0 Å².